The average molecular weight is 579 g/mol. The van der Waals surface area contributed by atoms with Gasteiger partial charge in [-0.1, -0.05) is 36.4 Å². The third-order valence-electron chi connectivity index (χ3n) is 7.03. The van der Waals surface area contributed by atoms with E-state index in [4.69, 9.17) is 9.47 Å². The highest BCUT2D eigenvalue weighted by molar-refractivity contribution is 6.08. The second kappa shape index (κ2) is 12.9. The van der Waals surface area contributed by atoms with Gasteiger partial charge in [0, 0.05) is 47.6 Å². The molecule has 10 nitrogen and oxygen atoms in total. The Labute approximate surface area is 248 Å². The molecule has 3 N–H and O–H groups in total. The Hall–Kier alpha value is -5.64. The maximum Gasteiger partial charge on any atom is 0.255 e. The molecule has 10 heteroatoms. The van der Waals surface area contributed by atoms with E-state index in [9.17, 15) is 19.2 Å². The maximum absolute atomic E-state index is 13.1. The zero-order valence-electron chi connectivity index (χ0n) is 23.6. The molecule has 4 aromatic carbocycles. The van der Waals surface area contributed by atoms with Crippen LogP contribution >= 0.6 is 0 Å². The molecule has 1 atom stereocenters. The molecule has 0 radical (unpaired) electrons. The van der Waals surface area contributed by atoms with Crippen LogP contribution in [-0.2, 0) is 9.59 Å². The van der Waals surface area contributed by atoms with Crippen LogP contribution in [0.25, 0.3) is 0 Å². The molecule has 43 heavy (non-hydrogen) atoms. The predicted octanol–water partition coefficient (Wildman–Crippen LogP) is 5.20. The maximum atomic E-state index is 13.1. The lowest BCUT2D eigenvalue weighted by atomic mass is 10.1. The fourth-order valence-corrected chi connectivity index (χ4v) is 4.76. The van der Waals surface area contributed by atoms with Crippen molar-refractivity contribution in [3.63, 3.8) is 0 Å². The topological polar surface area (TPSA) is 126 Å². The van der Waals surface area contributed by atoms with E-state index in [0.717, 1.165) is 5.69 Å². The summed E-state index contributed by atoms with van der Waals surface area (Å²) < 4.78 is 10.9. The highest BCUT2D eigenvalue weighted by atomic mass is 16.5. The molecule has 1 heterocycles. The van der Waals surface area contributed by atoms with Crippen molar-refractivity contribution >= 4 is 46.4 Å². The molecule has 1 aliphatic heterocycles. The highest BCUT2D eigenvalue weighted by Crippen LogP contribution is 2.37. The molecular formula is C33H30N4O6. The number of carbonyl (C=O) groups is 4. The van der Waals surface area contributed by atoms with Crippen LogP contribution in [0.15, 0.2) is 97.1 Å². The molecule has 5 rings (SSSR count). The molecule has 0 saturated carbocycles. The third-order valence-corrected chi connectivity index (χ3v) is 7.03. The van der Waals surface area contributed by atoms with Crippen molar-refractivity contribution in [2.45, 2.75) is 6.42 Å². The molecule has 4 aromatic rings. The monoisotopic (exact) mass is 578 g/mol. The Morgan fingerprint density at radius 3 is 1.74 bits per heavy atom. The van der Waals surface area contributed by atoms with E-state index in [1.165, 1.54) is 14.2 Å². The van der Waals surface area contributed by atoms with Crippen LogP contribution in [0.5, 0.6) is 11.5 Å². The van der Waals surface area contributed by atoms with Crippen molar-refractivity contribution in [1.29, 1.82) is 0 Å². The van der Waals surface area contributed by atoms with Gasteiger partial charge in [-0.3, -0.25) is 19.2 Å². The number of rotatable bonds is 9. The Morgan fingerprint density at radius 2 is 1.21 bits per heavy atom. The predicted molar refractivity (Wildman–Crippen MR) is 164 cm³/mol. The Bertz CT molecular complexity index is 1640. The molecule has 1 aliphatic rings. The first-order valence-corrected chi connectivity index (χ1v) is 13.6. The molecule has 0 spiro atoms. The summed E-state index contributed by atoms with van der Waals surface area (Å²) in [6.45, 7) is 0.301. The van der Waals surface area contributed by atoms with Gasteiger partial charge in [0.25, 0.3) is 11.8 Å². The summed E-state index contributed by atoms with van der Waals surface area (Å²) in [4.78, 5) is 52.7. The second-order valence-electron chi connectivity index (χ2n) is 9.83. The minimum absolute atomic E-state index is 0.1000. The van der Waals surface area contributed by atoms with E-state index in [1.54, 1.807) is 65.6 Å². The van der Waals surface area contributed by atoms with E-state index in [0.29, 0.717) is 46.2 Å². The van der Waals surface area contributed by atoms with Crippen LogP contribution in [0, 0.1) is 5.92 Å². The number of amides is 4. The quantitative estimate of drug-likeness (QED) is 0.251. The Kier molecular flexibility index (Phi) is 8.66. The largest absolute Gasteiger partial charge is 0.494 e. The molecule has 0 aromatic heterocycles. The fourth-order valence-electron chi connectivity index (χ4n) is 4.76. The van der Waals surface area contributed by atoms with E-state index in [2.05, 4.69) is 16.0 Å². The molecule has 1 saturated heterocycles. The molecule has 1 fully saturated rings. The van der Waals surface area contributed by atoms with Crippen LogP contribution < -0.4 is 30.3 Å². The van der Waals surface area contributed by atoms with Crippen LogP contribution in [0.2, 0.25) is 0 Å². The molecule has 218 valence electrons. The second-order valence-corrected chi connectivity index (χ2v) is 9.83. The van der Waals surface area contributed by atoms with E-state index >= 15 is 0 Å². The van der Waals surface area contributed by atoms with Gasteiger partial charge in [0.1, 0.15) is 11.5 Å². The SMILES string of the molecule is COc1cc(NC(=O)c2ccc(NC(=O)C3CC(=O)N(c4ccccc4)C3)cc2)c(OC)cc1NC(=O)c1ccccc1. The number of para-hydroxylation sites is 1. The first-order chi connectivity index (χ1) is 20.9. The minimum atomic E-state index is -0.487. The van der Waals surface area contributed by atoms with E-state index in [-0.39, 0.29) is 24.1 Å². The summed E-state index contributed by atoms with van der Waals surface area (Å²) in [6, 6.07) is 27.5. The summed E-state index contributed by atoms with van der Waals surface area (Å²) in [7, 11) is 2.91. The standard InChI is InChI=1S/C33H30N4O6/c1-42-28-19-27(29(43-2)18-26(28)35-31(39)21-9-5-3-6-10-21)36-32(40)22-13-15-24(16-14-22)34-33(41)23-17-30(38)37(20-23)25-11-7-4-8-12-25/h3-16,18-19,23H,17,20H2,1-2H3,(H,34,41)(H,35,39)(H,36,40). The lowest BCUT2D eigenvalue weighted by Gasteiger charge is -2.17. The fraction of sp³-hybridized carbons (Fsp3) is 0.152. The molecule has 0 bridgehead atoms. The number of nitrogens with one attached hydrogen (secondary N) is 3. The van der Waals surface area contributed by atoms with Gasteiger partial charge >= 0.3 is 0 Å². The van der Waals surface area contributed by atoms with Crippen molar-refractivity contribution in [3.8, 4) is 11.5 Å². The van der Waals surface area contributed by atoms with Gasteiger partial charge in [-0.05, 0) is 48.5 Å². The van der Waals surface area contributed by atoms with Gasteiger partial charge in [0.15, 0.2) is 0 Å². The Morgan fingerprint density at radius 1 is 0.698 bits per heavy atom. The first kappa shape index (κ1) is 28.9. The lowest BCUT2D eigenvalue weighted by molar-refractivity contribution is -0.122. The zero-order valence-corrected chi connectivity index (χ0v) is 23.6. The summed E-state index contributed by atoms with van der Waals surface area (Å²) >= 11 is 0. The number of carbonyl (C=O) groups excluding carboxylic acids is 4. The average Bonchev–Trinajstić information content (AvgIpc) is 3.44. The highest BCUT2D eigenvalue weighted by Gasteiger charge is 2.35. The molecule has 1 unspecified atom stereocenters. The number of benzene rings is 4. The Balaban J connectivity index is 1.23. The first-order valence-electron chi connectivity index (χ1n) is 13.6. The van der Waals surface area contributed by atoms with Crippen molar-refractivity contribution in [1.82, 2.24) is 0 Å². The smallest absolute Gasteiger partial charge is 0.255 e. The van der Waals surface area contributed by atoms with Crippen molar-refractivity contribution < 1.29 is 28.7 Å². The number of anilines is 4. The number of nitrogens with zero attached hydrogens (tertiary/aromatic N) is 1. The lowest BCUT2D eigenvalue weighted by Crippen LogP contribution is -2.28. The van der Waals surface area contributed by atoms with Crippen molar-refractivity contribution in [2.75, 3.05) is 41.6 Å². The minimum Gasteiger partial charge on any atom is -0.494 e. The van der Waals surface area contributed by atoms with Gasteiger partial charge in [-0.25, -0.2) is 0 Å². The number of ether oxygens (including phenoxy) is 2. The molecule has 0 aliphatic carbocycles. The molecule has 4 amide bonds. The normalized spacial score (nSPS) is 14.1. The molecular weight excluding hydrogens is 548 g/mol. The van der Waals surface area contributed by atoms with Gasteiger partial charge in [0.05, 0.1) is 31.5 Å². The van der Waals surface area contributed by atoms with Gasteiger partial charge in [-0.2, -0.15) is 0 Å². The summed E-state index contributed by atoms with van der Waals surface area (Å²) in [5.41, 5.74) is 2.80. The van der Waals surface area contributed by atoms with Crippen LogP contribution in [-0.4, -0.2) is 44.4 Å². The van der Waals surface area contributed by atoms with Crippen molar-refractivity contribution in [3.05, 3.63) is 108 Å². The van der Waals surface area contributed by atoms with Gasteiger partial charge in [-0.15, -0.1) is 0 Å². The summed E-state index contributed by atoms with van der Waals surface area (Å²) in [5.74, 6) is -0.945. The van der Waals surface area contributed by atoms with Gasteiger partial charge < -0.3 is 30.3 Å². The number of methoxy groups -OCH3 is 2. The third kappa shape index (κ3) is 6.65. The van der Waals surface area contributed by atoms with Crippen LogP contribution in [0.3, 0.4) is 0 Å². The van der Waals surface area contributed by atoms with Gasteiger partial charge in [0.2, 0.25) is 11.8 Å². The zero-order chi connectivity index (χ0) is 30.3. The van der Waals surface area contributed by atoms with Crippen LogP contribution in [0.1, 0.15) is 27.1 Å². The number of hydrogen-bond acceptors (Lipinski definition) is 6. The van der Waals surface area contributed by atoms with Crippen molar-refractivity contribution in [2.24, 2.45) is 5.92 Å². The summed E-state index contributed by atoms with van der Waals surface area (Å²) in [6.07, 6.45) is 0.126. The van der Waals surface area contributed by atoms with E-state index in [1.807, 2.05) is 36.4 Å². The number of hydrogen-bond donors (Lipinski definition) is 3. The summed E-state index contributed by atoms with van der Waals surface area (Å²) in [5, 5.41) is 8.45. The van der Waals surface area contributed by atoms with E-state index < -0.39 is 11.8 Å². The van der Waals surface area contributed by atoms with Crippen LogP contribution in [0.4, 0.5) is 22.7 Å².